The fraction of sp³-hybridized carbons (Fsp3) is 0. The van der Waals surface area contributed by atoms with E-state index in [4.69, 9.17) is 11.6 Å². The van der Waals surface area contributed by atoms with Crippen molar-refractivity contribution >= 4 is 33.1 Å². The minimum Gasteiger partial charge on any atom is -0.0905 e. The van der Waals surface area contributed by atoms with Crippen molar-refractivity contribution in [1.82, 2.24) is 0 Å². The van der Waals surface area contributed by atoms with Crippen LogP contribution in [0.1, 0.15) is 11.1 Å². The van der Waals surface area contributed by atoms with Crippen LogP contribution in [0.5, 0.6) is 0 Å². The van der Waals surface area contributed by atoms with E-state index < -0.39 is 0 Å². The van der Waals surface area contributed by atoms with E-state index in [1.54, 1.807) is 0 Å². The minimum absolute atomic E-state index is 0.719. The number of hydrogen-bond donors (Lipinski definition) is 0. The van der Waals surface area contributed by atoms with Gasteiger partial charge in [-0.3, -0.25) is 0 Å². The Kier molecular flexibility index (Phi) is 3.47. The summed E-state index contributed by atoms with van der Waals surface area (Å²) in [5.41, 5.74) is 3.17. The minimum atomic E-state index is 0.719. The quantitative estimate of drug-likeness (QED) is 0.717. The zero-order chi connectivity index (χ0) is 11.5. The van der Waals surface area contributed by atoms with Crippen molar-refractivity contribution < 1.29 is 0 Å². The maximum absolute atomic E-state index is 5.91. The fourth-order valence-electron chi connectivity index (χ4n) is 1.53. The fourth-order valence-corrected chi connectivity index (χ4v) is 2.45. The average molecular weight is 294 g/mol. The Morgan fingerprint density at radius 2 is 1.75 bits per heavy atom. The van der Waals surface area contributed by atoms with Gasteiger partial charge in [0.1, 0.15) is 0 Å². The summed E-state index contributed by atoms with van der Waals surface area (Å²) in [7, 11) is 0. The van der Waals surface area contributed by atoms with Crippen LogP contribution in [-0.2, 0) is 0 Å². The third kappa shape index (κ3) is 2.37. The van der Waals surface area contributed by atoms with Crippen LogP contribution in [0.25, 0.3) is 5.57 Å². The van der Waals surface area contributed by atoms with Crippen LogP contribution >= 0.6 is 27.5 Å². The van der Waals surface area contributed by atoms with Gasteiger partial charge in [0.2, 0.25) is 0 Å². The van der Waals surface area contributed by atoms with Crippen molar-refractivity contribution in [2.75, 3.05) is 0 Å². The van der Waals surface area contributed by atoms with Gasteiger partial charge >= 0.3 is 0 Å². The molecule has 0 N–H and O–H groups in total. The summed E-state index contributed by atoms with van der Waals surface area (Å²) >= 11 is 9.41. The number of hydrogen-bond acceptors (Lipinski definition) is 0. The Morgan fingerprint density at radius 3 is 2.38 bits per heavy atom. The van der Waals surface area contributed by atoms with Crippen molar-refractivity contribution in [3.8, 4) is 0 Å². The summed E-state index contributed by atoms with van der Waals surface area (Å²) in [4.78, 5) is 0. The van der Waals surface area contributed by atoms with Crippen molar-refractivity contribution in [1.29, 1.82) is 0 Å². The van der Waals surface area contributed by atoms with Crippen LogP contribution in [0.4, 0.5) is 0 Å². The van der Waals surface area contributed by atoms with Crippen LogP contribution in [0.2, 0.25) is 5.02 Å². The van der Waals surface area contributed by atoms with Gasteiger partial charge in [0.15, 0.2) is 0 Å². The topological polar surface area (TPSA) is 0 Å². The van der Waals surface area contributed by atoms with Crippen LogP contribution in [0.3, 0.4) is 0 Å². The van der Waals surface area contributed by atoms with E-state index in [2.05, 4.69) is 22.5 Å². The van der Waals surface area contributed by atoms with E-state index in [-0.39, 0.29) is 0 Å². The van der Waals surface area contributed by atoms with Gasteiger partial charge in [-0.15, -0.1) is 0 Å². The Morgan fingerprint density at radius 1 is 1.06 bits per heavy atom. The van der Waals surface area contributed by atoms with Crippen molar-refractivity contribution in [2.45, 2.75) is 0 Å². The largest absolute Gasteiger partial charge is 0.0905 e. The molecule has 2 aromatic rings. The van der Waals surface area contributed by atoms with Gasteiger partial charge in [0.25, 0.3) is 0 Å². The lowest BCUT2D eigenvalue weighted by atomic mass is 10.00. The Labute approximate surface area is 109 Å². The lowest BCUT2D eigenvalue weighted by Crippen LogP contribution is -1.87. The zero-order valence-electron chi connectivity index (χ0n) is 8.58. The lowest BCUT2D eigenvalue weighted by molar-refractivity contribution is 1.52. The highest BCUT2D eigenvalue weighted by Crippen LogP contribution is 2.30. The van der Waals surface area contributed by atoms with E-state index in [1.807, 2.05) is 48.5 Å². The van der Waals surface area contributed by atoms with E-state index in [1.165, 1.54) is 0 Å². The summed E-state index contributed by atoms with van der Waals surface area (Å²) in [5.74, 6) is 0. The summed E-state index contributed by atoms with van der Waals surface area (Å²) < 4.78 is 0.967. The molecular formula is C14H10BrCl. The molecule has 0 saturated heterocycles. The first-order valence-corrected chi connectivity index (χ1v) is 6.05. The maximum Gasteiger partial charge on any atom is 0.0417 e. The molecule has 0 aliphatic heterocycles. The molecule has 0 unspecified atom stereocenters. The molecule has 0 aliphatic carbocycles. The molecule has 0 fully saturated rings. The van der Waals surface area contributed by atoms with Gasteiger partial charge in [-0.05, 0) is 28.8 Å². The third-order valence-electron chi connectivity index (χ3n) is 2.38. The SMILES string of the molecule is C=C(c1ccccc1)c1ccc(Cl)cc1Br. The van der Waals surface area contributed by atoms with Crippen molar-refractivity contribution in [3.05, 3.63) is 75.7 Å². The molecule has 16 heavy (non-hydrogen) atoms. The van der Waals surface area contributed by atoms with Gasteiger partial charge in [0, 0.05) is 9.50 Å². The summed E-state index contributed by atoms with van der Waals surface area (Å²) in [5, 5.41) is 0.719. The molecule has 80 valence electrons. The highest BCUT2D eigenvalue weighted by atomic mass is 79.9. The molecule has 0 amide bonds. The molecule has 0 atom stereocenters. The normalized spacial score (nSPS) is 10.1. The molecule has 2 aromatic carbocycles. The molecule has 0 saturated carbocycles. The van der Waals surface area contributed by atoms with Crippen LogP contribution < -0.4 is 0 Å². The maximum atomic E-state index is 5.91. The standard InChI is InChI=1S/C14H10BrCl/c1-10(11-5-3-2-4-6-11)13-8-7-12(16)9-14(13)15/h2-9H,1H2. The molecular weight excluding hydrogens is 284 g/mol. The first kappa shape index (κ1) is 11.4. The third-order valence-corrected chi connectivity index (χ3v) is 3.27. The molecule has 0 aromatic heterocycles. The van der Waals surface area contributed by atoms with E-state index >= 15 is 0 Å². The molecule has 2 rings (SSSR count). The summed E-state index contributed by atoms with van der Waals surface area (Å²) in [6.07, 6.45) is 0. The van der Waals surface area contributed by atoms with Crippen molar-refractivity contribution in [2.24, 2.45) is 0 Å². The van der Waals surface area contributed by atoms with Crippen LogP contribution in [-0.4, -0.2) is 0 Å². The number of halogens is 2. The van der Waals surface area contributed by atoms with Crippen molar-refractivity contribution in [3.63, 3.8) is 0 Å². The van der Waals surface area contributed by atoms with E-state index in [0.717, 1.165) is 26.2 Å². The Hall–Kier alpha value is -1.05. The summed E-state index contributed by atoms with van der Waals surface area (Å²) in [6, 6.07) is 15.8. The zero-order valence-corrected chi connectivity index (χ0v) is 10.9. The predicted octanol–water partition coefficient (Wildman–Crippen LogP) is 5.16. The molecule has 0 bridgehead atoms. The van der Waals surface area contributed by atoms with E-state index in [0.29, 0.717) is 0 Å². The number of benzene rings is 2. The molecule has 0 nitrogen and oxygen atoms in total. The highest BCUT2D eigenvalue weighted by Gasteiger charge is 2.06. The molecule has 0 spiro atoms. The van der Waals surface area contributed by atoms with Gasteiger partial charge < -0.3 is 0 Å². The highest BCUT2D eigenvalue weighted by molar-refractivity contribution is 9.10. The van der Waals surface area contributed by atoms with Gasteiger partial charge in [0.05, 0.1) is 0 Å². The second kappa shape index (κ2) is 4.86. The predicted molar refractivity (Wildman–Crippen MR) is 73.7 cm³/mol. The second-order valence-corrected chi connectivity index (χ2v) is 4.76. The average Bonchev–Trinajstić information content (AvgIpc) is 2.29. The monoisotopic (exact) mass is 292 g/mol. The first-order chi connectivity index (χ1) is 7.68. The van der Waals surface area contributed by atoms with Crippen LogP contribution in [0, 0.1) is 0 Å². The Balaban J connectivity index is 2.42. The summed E-state index contributed by atoms with van der Waals surface area (Å²) in [6.45, 7) is 4.11. The first-order valence-electron chi connectivity index (χ1n) is 4.88. The molecule has 0 aliphatic rings. The van der Waals surface area contributed by atoms with E-state index in [9.17, 15) is 0 Å². The lowest BCUT2D eigenvalue weighted by Gasteiger charge is -2.08. The molecule has 2 heteroatoms. The molecule has 0 heterocycles. The van der Waals surface area contributed by atoms with Gasteiger partial charge in [-0.25, -0.2) is 0 Å². The van der Waals surface area contributed by atoms with Gasteiger partial charge in [-0.1, -0.05) is 70.5 Å². The Bertz CT molecular complexity index is 518. The van der Waals surface area contributed by atoms with Gasteiger partial charge in [-0.2, -0.15) is 0 Å². The van der Waals surface area contributed by atoms with Crippen LogP contribution in [0.15, 0.2) is 59.6 Å². The number of rotatable bonds is 2. The molecule has 0 radical (unpaired) electrons. The second-order valence-electron chi connectivity index (χ2n) is 3.47. The smallest absolute Gasteiger partial charge is 0.0417 e.